The fourth-order valence-electron chi connectivity index (χ4n) is 2.11. The van der Waals surface area contributed by atoms with Crippen LogP contribution in [-0.4, -0.2) is 29.2 Å². The second-order valence-electron chi connectivity index (χ2n) is 4.54. The van der Waals surface area contributed by atoms with Gasteiger partial charge < -0.3 is 10.1 Å². The van der Waals surface area contributed by atoms with Gasteiger partial charge in [0.05, 0.1) is 18.4 Å². The Bertz CT molecular complexity index is 540. The molecule has 1 heterocycles. The summed E-state index contributed by atoms with van der Waals surface area (Å²) in [5, 5.41) is 7.82. The molecule has 4 nitrogen and oxygen atoms in total. The Labute approximate surface area is 124 Å². The summed E-state index contributed by atoms with van der Waals surface area (Å²) in [4.78, 5) is 1.31. The molecule has 0 fully saturated rings. The summed E-state index contributed by atoms with van der Waals surface area (Å²) in [5.41, 5.74) is 2.16. The topological polar surface area (TPSA) is 39.1 Å². The van der Waals surface area contributed by atoms with Gasteiger partial charge in [0, 0.05) is 30.8 Å². The van der Waals surface area contributed by atoms with Crippen molar-refractivity contribution in [2.75, 3.05) is 19.4 Å². The molecule has 2 aromatic rings. The first kappa shape index (κ1) is 14.9. The molecule has 5 heteroatoms. The Morgan fingerprint density at radius 1 is 1.30 bits per heavy atom. The van der Waals surface area contributed by atoms with Gasteiger partial charge in [0.25, 0.3) is 0 Å². The first-order chi connectivity index (χ1) is 9.72. The van der Waals surface area contributed by atoms with Crippen LogP contribution in [0.15, 0.2) is 35.2 Å². The van der Waals surface area contributed by atoms with Crippen molar-refractivity contribution in [3.05, 3.63) is 41.6 Å². The molecule has 0 radical (unpaired) electrons. The van der Waals surface area contributed by atoms with E-state index < -0.39 is 0 Å². The predicted molar refractivity (Wildman–Crippen MR) is 83.4 cm³/mol. The molecular formula is C15H21N3OS. The first-order valence-electron chi connectivity index (χ1n) is 6.67. The second-order valence-corrected chi connectivity index (χ2v) is 5.70. The maximum atomic E-state index is 5.38. The average Bonchev–Trinajstić information content (AvgIpc) is 2.73. The van der Waals surface area contributed by atoms with E-state index in [0.29, 0.717) is 0 Å². The molecule has 0 aliphatic rings. The van der Waals surface area contributed by atoms with E-state index in [1.54, 1.807) is 11.8 Å². The Morgan fingerprint density at radius 2 is 2.05 bits per heavy atom. The lowest BCUT2D eigenvalue weighted by Gasteiger charge is -2.07. The number of hydrogen-bond donors (Lipinski definition) is 1. The van der Waals surface area contributed by atoms with Gasteiger partial charge in [0.2, 0.25) is 5.88 Å². The maximum Gasteiger partial charge on any atom is 0.216 e. The van der Waals surface area contributed by atoms with Gasteiger partial charge in [-0.25, -0.2) is 4.68 Å². The molecular weight excluding hydrogens is 270 g/mol. The molecule has 0 amide bonds. The van der Waals surface area contributed by atoms with Crippen LogP contribution in [0.25, 0.3) is 0 Å². The largest absolute Gasteiger partial charge is 0.481 e. The molecule has 1 aromatic heterocycles. The van der Waals surface area contributed by atoms with Gasteiger partial charge in [-0.1, -0.05) is 18.2 Å². The Balaban J connectivity index is 1.76. The molecule has 0 atom stereocenters. The maximum absolute atomic E-state index is 5.38. The zero-order valence-corrected chi connectivity index (χ0v) is 13.0. The highest BCUT2D eigenvalue weighted by atomic mass is 32.2. The van der Waals surface area contributed by atoms with Crippen LogP contribution in [0, 0.1) is 6.92 Å². The van der Waals surface area contributed by atoms with Crippen LogP contribution in [0.5, 0.6) is 5.88 Å². The molecule has 0 aliphatic carbocycles. The zero-order chi connectivity index (χ0) is 14.4. The number of ether oxygens (including phenoxy) is 1. The summed E-state index contributed by atoms with van der Waals surface area (Å²) in [5.74, 6) is 1.89. The van der Waals surface area contributed by atoms with Crippen LogP contribution in [0.1, 0.15) is 11.3 Å². The first-order valence-corrected chi connectivity index (χ1v) is 7.66. The van der Waals surface area contributed by atoms with E-state index in [1.165, 1.54) is 4.90 Å². The van der Waals surface area contributed by atoms with Gasteiger partial charge >= 0.3 is 0 Å². The Morgan fingerprint density at radius 3 is 2.75 bits per heavy atom. The number of rotatable bonds is 7. The molecule has 0 spiro atoms. The lowest BCUT2D eigenvalue weighted by atomic mass is 10.2. The number of hydrogen-bond acceptors (Lipinski definition) is 4. The molecule has 1 aromatic carbocycles. The van der Waals surface area contributed by atoms with Crippen molar-refractivity contribution in [3.8, 4) is 5.88 Å². The average molecular weight is 291 g/mol. The third kappa shape index (κ3) is 3.77. The van der Waals surface area contributed by atoms with Gasteiger partial charge in [0.15, 0.2) is 0 Å². The molecule has 0 saturated heterocycles. The number of benzene rings is 1. The van der Waals surface area contributed by atoms with Crippen LogP contribution in [0.3, 0.4) is 0 Å². The van der Waals surface area contributed by atoms with Crippen LogP contribution in [-0.2, 0) is 13.6 Å². The lowest BCUT2D eigenvalue weighted by molar-refractivity contribution is 0.368. The van der Waals surface area contributed by atoms with E-state index in [4.69, 9.17) is 4.74 Å². The quantitative estimate of drug-likeness (QED) is 0.629. The number of nitrogens with zero attached hydrogens (tertiary/aromatic N) is 2. The van der Waals surface area contributed by atoms with E-state index in [1.807, 2.05) is 31.8 Å². The smallest absolute Gasteiger partial charge is 0.216 e. The highest BCUT2D eigenvalue weighted by Crippen LogP contribution is 2.20. The van der Waals surface area contributed by atoms with Crippen LogP contribution in [0.4, 0.5) is 0 Å². The van der Waals surface area contributed by atoms with Gasteiger partial charge in [0.1, 0.15) is 0 Å². The monoisotopic (exact) mass is 291 g/mol. The van der Waals surface area contributed by atoms with Crippen LogP contribution in [0.2, 0.25) is 0 Å². The van der Waals surface area contributed by atoms with Crippen molar-refractivity contribution in [1.82, 2.24) is 15.1 Å². The number of aryl methyl sites for hydroxylation is 2. The molecule has 0 unspecified atom stereocenters. The van der Waals surface area contributed by atoms with Gasteiger partial charge in [-0.3, -0.25) is 0 Å². The van der Waals surface area contributed by atoms with Gasteiger partial charge in [-0.05, 0) is 19.1 Å². The van der Waals surface area contributed by atoms with E-state index in [-0.39, 0.29) is 0 Å². The second kappa shape index (κ2) is 7.36. The van der Waals surface area contributed by atoms with E-state index in [9.17, 15) is 0 Å². The third-order valence-corrected chi connectivity index (χ3v) is 4.09. The zero-order valence-electron chi connectivity index (χ0n) is 12.2. The highest BCUT2D eigenvalue weighted by Gasteiger charge is 2.12. The Hall–Kier alpha value is -1.46. The summed E-state index contributed by atoms with van der Waals surface area (Å²) in [7, 11) is 3.59. The predicted octanol–water partition coefficient (Wildman–Crippen LogP) is 2.62. The van der Waals surface area contributed by atoms with Crippen molar-refractivity contribution in [2.24, 2.45) is 7.05 Å². The Kier molecular flexibility index (Phi) is 5.49. The van der Waals surface area contributed by atoms with E-state index >= 15 is 0 Å². The van der Waals surface area contributed by atoms with Crippen molar-refractivity contribution in [2.45, 2.75) is 18.4 Å². The van der Waals surface area contributed by atoms with Crippen molar-refractivity contribution in [1.29, 1.82) is 0 Å². The minimum Gasteiger partial charge on any atom is -0.481 e. The third-order valence-electron chi connectivity index (χ3n) is 3.07. The van der Waals surface area contributed by atoms with Gasteiger partial charge in [-0.15, -0.1) is 11.8 Å². The van der Waals surface area contributed by atoms with Crippen molar-refractivity contribution < 1.29 is 4.74 Å². The van der Waals surface area contributed by atoms with Gasteiger partial charge in [-0.2, -0.15) is 5.10 Å². The molecule has 2 rings (SSSR count). The van der Waals surface area contributed by atoms with Crippen LogP contribution >= 0.6 is 11.8 Å². The molecule has 1 N–H and O–H groups in total. The van der Waals surface area contributed by atoms with Crippen molar-refractivity contribution >= 4 is 11.8 Å². The molecule has 0 saturated carbocycles. The summed E-state index contributed by atoms with van der Waals surface area (Å²) in [6, 6.07) is 10.5. The molecule has 0 bridgehead atoms. The number of nitrogens with one attached hydrogen (secondary N) is 1. The number of methoxy groups -OCH3 is 1. The fourth-order valence-corrected chi connectivity index (χ4v) is 2.94. The summed E-state index contributed by atoms with van der Waals surface area (Å²) in [6.07, 6.45) is 0. The molecule has 0 aliphatic heterocycles. The lowest BCUT2D eigenvalue weighted by Crippen LogP contribution is -2.17. The number of aromatic nitrogens is 2. The van der Waals surface area contributed by atoms with Crippen LogP contribution < -0.4 is 10.1 Å². The minimum absolute atomic E-state index is 0.790. The minimum atomic E-state index is 0.790. The standard InChI is InChI=1S/C15H21N3OS/c1-12-14(15(19-3)18(2)17-12)11-16-9-10-20-13-7-5-4-6-8-13/h4-8,16H,9-11H2,1-3H3. The summed E-state index contributed by atoms with van der Waals surface area (Å²) in [6.45, 7) is 3.76. The SMILES string of the molecule is COc1c(CNCCSc2ccccc2)c(C)nn1C. The number of thioether (sulfide) groups is 1. The summed E-state index contributed by atoms with van der Waals surface area (Å²) >= 11 is 1.86. The summed E-state index contributed by atoms with van der Waals surface area (Å²) < 4.78 is 7.16. The normalized spacial score (nSPS) is 10.8. The van der Waals surface area contributed by atoms with E-state index in [0.717, 1.165) is 36.0 Å². The highest BCUT2D eigenvalue weighted by molar-refractivity contribution is 7.99. The van der Waals surface area contributed by atoms with E-state index in [2.05, 4.69) is 34.7 Å². The van der Waals surface area contributed by atoms with Crippen molar-refractivity contribution in [3.63, 3.8) is 0 Å². The molecule has 108 valence electrons. The molecule has 20 heavy (non-hydrogen) atoms. The fraction of sp³-hybridized carbons (Fsp3) is 0.400.